The second kappa shape index (κ2) is 10.5. The molecule has 1 saturated carbocycles. The number of benzene rings is 1. The number of aliphatic imine (C=N–C) groups is 1. The van der Waals surface area contributed by atoms with Crippen molar-refractivity contribution >= 4 is 29.9 Å². The number of unbranched alkanes of at least 4 members (excludes halogenated alkanes) is 1. The van der Waals surface area contributed by atoms with Crippen molar-refractivity contribution in [2.24, 2.45) is 4.99 Å². The van der Waals surface area contributed by atoms with Gasteiger partial charge in [-0.2, -0.15) is 0 Å². The Morgan fingerprint density at radius 3 is 2.48 bits per heavy atom. The number of halogens is 1. The predicted octanol–water partition coefficient (Wildman–Crippen LogP) is 3.14. The molecule has 146 valence electrons. The maximum atomic E-state index is 11.7. The zero-order valence-electron chi connectivity index (χ0n) is 15.9. The second-order valence-electron chi connectivity index (χ2n) is 6.94. The molecule has 1 aliphatic carbocycles. The van der Waals surface area contributed by atoms with Crippen LogP contribution in [0.4, 0.5) is 0 Å². The fourth-order valence-electron chi connectivity index (χ4n) is 3.24. The van der Waals surface area contributed by atoms with Gasteiger partial charge in [0.05, 0.1) is 0 Å². The van der Waals surface area contributed by atoms with Crippen molar-refractivity contribution in [2.75, 3.05) is 20.1 Å². The number of nitrogens with zero attached hydrogens (tertiary/aromatic N) is 2. The molecule has 0 atom stereocenters. The van der Waals surface area contributed by atoms with E-state index < -0.39 is 0 Å². The molecule has 0 bridgehead atoms. The van der Waals surface area contributed by atoms with Crippen LogP contribution in [-0.4, -0.2) is 30.7 Å². The zero-order valence-corrected chi connectivity index (χ0v) is 18.2. The van der Waals surface area contributed by atoms with Gasteiger partial charge in [0.1, 0.15) is 0 Å². The lowest BCUT2D eigenvalue weighted by molar-refractivity contribution is 0.582. The summed E-state index contributed by atoms with van der Waals surface area (Å²) in [4.78, 5) is 16.0. The third-order valence-corrected chi connectivity index (χ3v) is 5.07. The van der Waals surface area contributed by atoms with Gasteiger partial charge in [0.25, 0.3) is 0 Å². The topological polar surface area (TPSA) is 58.4 Å². The number of aryl methyl sites for hydroxylation is 1. The van der Waals surface area contributed by atoms with Crippen LogP contribution in [0.3, 0.4) is 0 Å². The molecule has 0 radical (unpaired) electrons. The van der Waals surface area contributed by atoms with Crippen LogP contribution in [0.15, 0.2) is 64.5 Å². The van der Waals surface area contributed by atoms with Gasteiger partial charge in [0.2, 0.25) is 5.56 Å². The molecule has 1 aromatic carbocycles. The first-order chi connectivity index (χ1) is 12.7. The minimum Gasteiger partial charge on any atom is -0.356 e. The Balaban J connectivity index is 0.00000261. The molecule has 5 nitrogen and oxygen atoms in total. The van der Waals surface area contributed by atoms with Gasteiger partial charge in [-0.15, -0.1) is 24.0 Å². The number of pyridine rings is 1. The van der Waals surface area contributed by atoms with Crippen LogP contribution in [-0.2, 0) is 12.0 Å². The van der Waals surface area contributed by atoms with Gasteiger partial charge >= 0.3 is 0 Å². The number of hydrogen-bond donors (Lipinski definition) is 2. The normalized spacial score (nSPS) is 14.9. The molecule has 0 amide bonds. The highest BCUT2D eigenvalue weighted by Gasteiger charge is 2.43. The molecular weight excluding hydrogens is 451 g/mol. The fourth-order valence-corrected chi connectivity index (χ4v) is 3.24. The van der Waals surface area contributed by atoms with Gasteiger partial charge in [0, 0.05) is 44.4 Å². The molecule has 0 saturated heterocycles. The van der Waals surface area contributed by atoms with Crippen LogP contribution in [0, 0.1) is 0 Å². The molecule has 27 heavy (non-hydrogen) atoms. The fraction of sp³-hybridized carbons (Fsp3) is 0.429. The summed E-state index contributed by atoms with van der Waals surface area (Å²) in [5.41, 5.74) is 1.75. The molecule has 3 rings (SSSR count). The van der Waals surface area contributed by atoms with E-state index in [1.54, 1.807) is 23.7 Å². The van der Waals surface area contributed by atoms with E-state index in [1.165, 1.54) is 18.4 Å². The van der Waals surface area contributed by atoms with E-state index in [9.17, 15) is 4.79 Å². The molecule has 0 spiro atoms. The Hall–Kier alpha value is -1.83. The van der Waals surface area contributed by atoms with Crippen LogP contribution in [0.2, 0.25) is 0 Å². The second-order valence-corrected chi connectivity index (χ2v) is 6.94. The summed E-state index contributed by atoms with van der Waals surface area (Å²) < 4.78 is 1.75. The van der Waals surface area contributed by atoms with Crippen LogP contribution in [0.25, 0.3) is 0 Å². The number of guanidine groups is 1. The average Bonchev–Trinajstić information content (AvgIpc) is 3.47. The van der Waals surface area contributed by atoms with E-state index in [0.29, 0.717) is 0 Å². The number of hydrogen-bond acceptors (Lipinski definition) is 2. The highest BCUT2D eigenvalue weighted by molar-refractivity contribution is 14.0. The molecule has 2 aromatic rings. The number of aromatic nitrogens is 1. The van der Waals surface area contributed by atoms with E-state index in [4.69, 9.17) is 0 Å². The van der Waals surface area contributed by atoms with Gasteiger partial charge in [-0.3, -0.25) is 9.79 Å². The van der Waals surface area contributed by atoms with Crippen molar-refractivity contribution in [3.63, 3.8) is 0 Å². The first kappa shape index (κ1) is 21.5. The lowest BCUT2D eigenvalue weighted by Gasteiger charge is -2.19. The van der Waals surface area contributed by atoms with E-state index in [1.807, 2.05) is 12.3 Å². The van der Waals surface area contributed by atoms with Crippen molar-refractivity contribution in [1.29, 1.82) is 0 Å². The van der Waals surface area contributed by atoms with Crippen LogP contribution in [0.5, 0.6) is 0 Å². The monoisotopic (exact) mass is 480 g/mol. The third-order valence-electron chi connectivity index (χ3n) is 5.07. The Labute approximate surface area is 178 Å². The SMILES string of the molecule is CN=C(NCCCCn1ccccc1=O)NCC1(c2ccccc2)CC1.I. The van der Waals surface area contributed by atoms with Crippen molar-refractivity contribution in [1.82, 2.24) is 15.2 Å². The first-order valence-electron chi connectivity index (χ1n) is 9.39. The van der Waals surface area contributed by atoms with E-state index in [2.05, 4.69) is 46.0 Å². The maximum absolute atomic E-state index is 11.7. The average molecular weight is 480 g/mol. The van der Waals surface area contributed by atoms with Crippen LogP contribution >= 0.6 is 24.0 Å². The Morgan fingerprint density at radius 1 is 1.07 bits per heavy atom. The summed E-state index contributed by atoms with van der Waals surface area (Å²) in [6.45, 7) is 2.51. The summed E-state index contributed by atoms with van der Waals surface area (Å²) in [6, 6.07) is 16.0. The minimum absolute atomic E-state index is 0. The summed E-state index contributed by atoms with van der Waals surface area (Å²) in [6.07, 6.45) is 6.25. The van der Waals surface area contributed by atoms with Crippen molar-refractivity contribution < 1.29 is 0 Å². The minimum atomic E-state index is 0. The van der Waals surface area contributed by atoms with Gasteiger partial charge in [0.15, 0.2) is 5.96 Å². The van der Waals surface area contributed by atoms with Crippen LogP contribution < -0.4 is 16.2 Å². The van der Waals surface area contributed by atoms with E-state index in [0.717, 1.165) is 38.4 Å². The van der Waals surface area contributed by atoms with Crippen molar-refractivity contribution in [3.8, 4) is 0 Å². The molecule has 2 N–H and O–H groups in total. The summed E-state index contributed by atoms with van der Waals surface area (Å²) in [7, 11) is 1.81. The third kappa shape index (κ3) is 6.09. The summed E-state index contributed by atoms with van der Waals surface area (Å²) in [5.74, 6) is 0.851. The maximum Gasteiger partial charge on any atom is 0.250 e. The largest absolute Gasteiger partial charge is 0.356 e. The molecule has 0 aliphatic heterocycles. The number of rotatable bonds is 8. The van der Waals surface area contributed by atoms with Gasteiger partial charge in [-0.25, -0.2) is 0 Å². The van der Waals surface area contributed by atoms with Gasteiger partial charge in [-0.1, -0.05) is 36.4 Å². The Morgan fingerprint density at radius 2 is 1.81 bits per heavy atom. The first-order valence-corrected chi connectivity index (χ1v) is 9.39. The molecule has 1 fully saturated rings. The Kier molecular flexibility index (Phi) is 8.34. The molecule has 1 aromatic heterocycles. The summed E-state index contributed by atoms with van der Waals surface area (Å²) in [5, 5.41) is 6.85. The van der Waals surface area contributed by atoms with E-state index in [-0.39, 0.29) is 35.0 Å². The van der Waals surface area contributed by atoms with Crippen molar-refractivity contribution in [2.45, 2.75) is 37.6 Å². The zero-order chi connectivity index (χ0) is 18.2. The molecule has 6 heteroatoms. The smallest absolute Gasteiger partial charge is 0.250 e. The van der Waals surface area contributed by atoms with E-state index >= 15 is 0 Å². The molecule has 0 unspecified atom stereocenters. The lowest BCUT2D eigenvalue weighted by atomic mass is 9.96. The Bertz CT molecular complexity index is 784. The number of nitrogens with one attached hydrogen (secondary N) is 2. The lowest BCUT2D eigenvalue weighted by Crippen LogP contribution is -2.41. The van der Waals surface area contributed by atoms with Gasteiger partial charge in [-0.05, 0) is 37.3 Å². The molecule has 1 heterocycles. The van der Waals surface area contributed by atoms with Crippen molar-refractivity contribution in [3.05, 3.63) is 70.6 Å². The van der Waals surface area contributed by atoms with Gasteiger partial charge < -0.3 is 15.2 Å². The predicted molar refractivity (Wildman–Crippen MR) is 122 cm³/mol. The van der Waals surface area contributed by atoms with Crippen LogP contribution in [0.1, 0.15) is 31.2 Å². The highest BCUT2D eigenvalue weighted by Crippen LogP contribution is 2.47. The quantitative estimate of drug-likeness (QED) is 0.264. The summed E-state index contributed by atoms with van der Waals surface area (Å²) >= 11 is 0. The molecular formula is C21H29IN4O. The molecule has 1 aliphatic rings. The highest BCUT2D eigenvalue weighted by atomic mass is 127. The standard InChI is InChI=1S/C21H28N4O.HI/c1-22-20(23-14-6-8-16-25-15-7-5-11-19(25)26)24-17-21(12-13-21)18-9-3-2-4-10-18;/h2-5,7,9-11,15H,6,8,12-14,16-17H2,1H3,(H2,22,23,24);1H.